The van der Waals surface area contributed by atoms with E-state index in [-0.39, 0.29) is 0 Å². The molecule has 0 saturated carbocycles. The summed E-state index contributed by atoms with van der Waals surface area (Å²) in [6, 6.07) is 0. The second kappa shape index (κ2) is 4.74. The molecular formula is C11H19NO2S. The van der Waals surface area contributed by atoms with Gasteiger partial charge < -0.3 is 10.0 Å². The molecule has 1 N–H and O–H groups in total. The van der Waals surface area contributed by atoms with Crippen molar-refractivity contribution in [1.82, 2.24) is 4.90 Å². The third kappa shape index (κ3) is 2.88. The third-order valence-electron chi connectivity index (χ3n) is 3.74. The minimum absolute atomic E-state index is 0.312. The van der Waals surface area contributed by atoms with Crippen LogP contribution in [0.4, 0.5) is 0 Å². The monoisotopic (exact) mass is 229 g/mol. The zero-order valence-electron chi connectivity index (χ0n) is 9.07. The minimum atomic E-state index is -0.668. The average Bonchev–Trinajstić information content (AvgIpc) is 2.27. The Morgan fingerprint density at radius 2 is 1.87 bits per heavy atom. The quantitative estimate of drug-likeness (QED) is 0.728. The summed E-state index contributed by atoms with van der Waals surface area (Å²) in [4.78, 5) is 12.9. The summed E-state index contributed by atoms with van der Waals surface area (Å²) in [5.41, 5.74) is 0.553. The lowest BCUT2D eigenvalue weighted by atomic mass is 9.74. The Labute approximate surface area is 95.2 Å². The highest BCUT2D eigenvalue weighted by Gasteiger charge is 2.38. The van der Waals surface area contributed by atoms with Crippen molar-refractivity contribution < 1.29 is 9.90 Å². The van der Waals surface area contributed by atoms with Crippen LogP contribution in [0.5, 0.6) is 0 Å². The highest BCUT2D eigenvalue weighted by Crippen LogP contribution is 2.42. The van der Waals surface area contributed by atoms with Gasteiger partial charge in [0.2, 0.25) is 0 Å². The molecule has 3 nitrogen and oxygen atoms in total. The lowest BCUT2D eigenvalue weighted by Crippen LogP contribution is -2.49. The van der Waals surface area contributed by atoms with Gasteiger partial charge >= 0.3 is 5.97 Å². The topological polar surface area (TPSA) is 40.5 Å². The number of fused-ring (bicyclic) bond motifs is 3. The van der Waals surface area contributed by atoms with Crippen molar-refractivity contribution in [3.63, 3.8) is 0 Å². The Balaban J connectivity index is 1.71. The van der Waals surface area contributed by atoms with E-state index < -0.39 is 5.97 Å². The molecule has 0 atom stereocenters. The zero-order chi connectivity index (χ0) is 10.7. The molecule has 0 unspecified atom stereocenters. The first-order valence-electron chi connectivity index (χ1n) is 5.72. The maximum atomic E-state index is 10.4. The SMILES string of the molecule is O=C(O)CCSCC12CCN(CC1)CC2. The Morgan fingerprint density at radius 1 is 1.27 bits per heavy atom. The molecule has 3 heterocycles. The van der Waals surface area contributed by atoms with Gasteiger partial charge in [-0.2, -0.15) is 11.8 Å². The van der Waals surface area contributed by atoms with Crippen molar-refractivity contribution in [2.45, 2.75) is 25.7 Å². The summed E-state index contributed by atoms with van der Waals surface area (Å²) in [5.74, 6) is 1.29. The number of hydrogen-bond donors (Lipinski definition) is 1. The van der Waals surface area contributed by atoms with Crippen molar-refractivity contribution in [2.24, 2.45) is 5.41 Å². The van der Waals surface area contributed by atoms with Crippen LogP contribution in [0.2, 0.25) is 0 Å². The molecule has 0 amide bonds. The molecule has 0 aromatic heterocycles. The largest absolute Gasteiger partial charge is 0.481 e. The van der Waals surface area contributed by atoms with E-state index in [0.29, 0.717) is 11.8 Å². The number of piperidine rings is 3. The molecule has 3 aliphatic heterocycles. The fourth-order valence-electron chi connectivity index (χ4n) is 2.56. The van der Waals surface area contributed by atoms with E-state index in [1.807, 2.05) is 11.8 Å². The molecule has 3 fully saturated rings. The lowest BCUT2D eigenvalue weighted by Gasteiger charge is -2.48. The summed E-state index contributed by atoms with van der Waals surface area (Å²) in [6.45, 7) is 3.79. The molecule has 2 bridgehead atoms. The lowest BCUT2D eigenvalue weighted by molar-refractivity contribution is -0.136. The molecule has 4 heteroatoms. The van der Waals surface area contributed by atoms with Crippen LogP contribution >= 0.6 is 11.8 Å². The van der Waals surface area contributed by atoms with E-state index in [4.69, 9.17) is 5.11 Å². The summed E-state index contributed by atoms with van der Waals surface area (Å²) in [5, 5.41) is 8.56. The van der Waals surface area contributed by atoms with Crippen LogP contribution in [0.1, 0.15) is 25.7 Å². The highest BCUT2D eigenvalue weighted by atomic mass is 32.2. The van der Waals surface area contributed by atoms with Gasteiger partial charge in [0.05, 0.1) is 6.42 Å². The zero-order valence-corrected chi connectivity index (χ0v) is 9.89. The molecule has 86 valence electrons. The Hall–Kier alpha value is -0.220. The Morgan fingerprint density at radius 3 is 2.40 bits per heavy atom. The fourth-order valence-corrected chi connectivity index (χ4v) is 3.89. The number of nitrogens with zero attached hydrogens (tertiary/aromatic N) is 1. The maximum Gasteiger partial charge on any atom is 0.304 e. The van der Waals surface area contributed by atoms with Gasteiger partial charge in [-0.05, 0) is 50.1 Å². The molecule has 3 aliphatic rings. The van der Waals surface area contributed by atoms with Crippen LogP contribution in [-0.2, 0) is 4.79 Å². The second-order valence-electron chi connectivity index (χ2n) is 4.79. The van der Waals surface area contributed by atoms with Gasteiger partial charge in [-0.25, -0.2) is 0 Å². The van der Waals surface area contributed by atoms with Crippen LogP contribution in [0.3, 0.4) is 0 Å². The van der Waals surface area contributed by atoms with Gasteiger partial charge in [0.15, 0.2) is 0 Å². The summed E-state index contributed by atoms with van der Waals surface area (Å²) < 4.78 is 0. The predicted octanol–water partition coefficient (Wildman–Crippen LogP) is 1.68. The van der Waals surface area contributed by atoms with Gasteiger partial charge in [0, 0.05) is 5.75 Å². The molecule has 0 spiro atoms. The summed E-state index contributed by atoms with van der Waals surface area (Å²) >= 11 is 1.84. The van der Waals surface area contributed by atoms with E-state index in [9.17, 15) is 4.79 Å². The molecule has 15 heavy (non-hydrogen) atoms. The smallest absolute Gasteiger partial charge is 0.304 e. The number of carboxylic acid groups (broad SMARTS) is 1. The fraction of sp³-hybridized carbons (Fsp3) is 0.909. The van der Waals surface area contributed by atoms with Crippen LogP contribution in [-0.4, -0.2) is 47.1 Å². The van der Waals surface area contributed by atoms with Crippen molar-refractivity contribution in [3.05, 3.63) is 0 Å². The summed E-state index contributed by atoms with van der Waals surface area (Å²) in [6.07, 6.45) is 4.29. The van der Waals surface area contributed by atoms with Crippen LogP contribution in [0.25, 0.3) is 0 Å². The third-order valence-corrected chi connectivity index (χ3v) is 5.05. The van der Waals surface area contributed by atoms with E-state index in [1.54, 1.807) is 0 Å². The van der Waals surface area contributed by atoms with Gasteiger partial charge in [-0.3, -0.25) is 4.79 Å². The molecular weight excluding hydrogens is 210 g/mol. The molecule has 0 aliphatic carbocycles. The highest BCUT2D eigenvalue weighted by molar-refractivity contribution is 7.99. The maximum absolute atomic E-state index is 10.4. The van der Waals surface area contributed by atoms with Crippen LogP contribution in [0.15, 0.2) is 0 Å². The van der Waals surface area contributed by atoms with Crippen molar-refractivity contribution in [1.29, 1.82) is 0 Å². The van der Waals surface area contributed by atoms with E-state index in [0.717, 1.165) is 5.75 Å². The Kier molecular flexibility index (Phi) is 3.57. The summed E-state index contributed by atoms with van der Waals surface area (Å²) in [7, 11) is 0. The normalized spacial score (nSPS) is 34.3. The van der Waals surface area contributed by atoms with Crippen LogP contribution in [0, 0.1) is 5.41 Å². The minimum Gasteiger partial charge on any atom is -0.481 e. The van der Waals surface area contributed by atoms with Gasteiger partial charge in [-0.15, -0.1) is 0 Å². The van der Waals surface area contributed by atoms with Gasteiger partial charge in [0.25, 0.3) is 0 Å². The Bertz CT molecular complexity index is 223. The first kappa shape index (κ1) is 11.3. The van der Waals surface area contributed by atoms with E-state index in [1.165, 1.54) is 44.6 Å². The van der Waals surface area contributed by atoms with Gasteiger partial charge in [-0.1, -0.05) is 0 Å². The molecule has 3 rings (SSSR count). The first-order chi connectivity index (χ1) is 7.20. The number of thioether (sulfide) groups is 1. The molecule has 3 saturated heterocycles. The van der Waals surface area contributed by atoms with E-state index >= 15 is 0 Å². The van der Waals surface area contributed by atoms with E-state index in [2.05, 4.69) is 4.90 Å². The first-order valence-corrected chi connectivity index (χ1v) is 6.88. The molecule has 0 radical (unpaired) electrons. The van der Waals surface area contributed by atoms with Crippen molar-refractivity contribution >= 4 is 17.7 Å². The number of carbonyl (C=O) groups is 1. The van der Waals surface area contributed by atoms with Crippen LogP contribution < -0.4 is 0 Å². The number of aliphatic carboxylic acids is 1. The average molecular weight is 229 g/mol. The number of carboxylic acids is 1. The second-order valence-corrected chi connectivity index (χ2v) is 5.89. The number of hydrogen-bond acceptors (Lipinski definition) is 3. The standard InChI is InChI=1S/C11H19NO2S/c13-10(14)1-8-15-9-11-2-5-12(6-3-11)7-4-11/h1-9H2,(H,13,14). The number of rotatable bonds is 5. The van der Waals surface area contributed by atoms with Gasteiger partial charge in [0.1, 0.15) is 0 Å². The molecule has 0 aromatic rings. The van der Waals surface area contributed by atoms with Crippen molar-refractivity contribution in [2.75, 3.05) is 31.1 Å². The molecule has 0 aromatic carbocycles. The van der Waals surface area contributed by atoms with Crippen molar-refractivity contribution in [3.8, 4) is 0 Å². The predicted molar refractivity (Wildman–Crippen MR) is 62.3 cm³/mol.